The summed E-state index contributed by atoms with van der Waals surface area (Å²) in [4.78, 5) is 37.5. The third-order valence-corrected chi connectivity index (χ3v) is 7.88. The quantitative estimate of drug-likeness (QED) is 0.371. The van der Waals surface area contributed by atoms with Gasteiger partial charge in [0.05, 0.1) is 30.7 Å². The number of ether oxygens (including phenoxy) is 1. The van der Waals surface area contributed by atoms with Gasteiger partial charge in [0.25, 0.3) is 5.91 Å². The summed E-state index contributed by atoms with van der Waals surface area (Å²) in [6, 6.07) is 17.6. The van der Waals surface area contributed by atoms with Crippen LogP contribution < -0.4 is 15.4 Å². The van der Waals surface area contributed by atoms with Crippen molar-refractivity contribution in [2.45, 2.75) is 77.1 Å². The molecule has 0 bridgehead atoms. The Bertz CT molecular complexity index is 1470. The number of nitrogens with zero attached hydrogens (tertiary/aromatic N) is 3. The summed E-state index contributed by atoms with van der Waals surface area (Å²) in [6.07, 6.45) is 3.43. The number of fused-ring (bicyclic) bond motifs is 1. The second-order valence-corrected chi connectivity index (χ2v) is 11.3. The van der Waals surface area contributed by atoms with Gasteiger partial charge in [-0.2, -0.15) is 0 Å². The summed E-state index contributed by atoms with van der Waals surface area (Å²) in [5.74, 6) is 0.792. The highest BCUT2D eigenvalue weighted by molar-refractivity contribution is 6.06. The summed E-state index contributed by atoms with van der Waals surface area (Å²) in [7, 11) is 0. The predicted octanol–water partition coefficient (Wildman–Crippen LogP) is 6.01. The summed E-state index contributed by atoms with van der Waals surface area (Å²) in [6.45, 7) is 8.27. The highest BCUT2D eigenvalue weighted by Crippen LogP contribution is 2.39. The molecule has 3 aromatic rings. The molecule has 1 aromatic heterocycles. The van der Waals surface area contributed by atoms with Crippen molar-refractivity contribution in [3.05, 3.63) is 89.4 Å². The van der Waals surface area contributed by atoms with E-state index < -0.39 is 17.0 Å². The molecule has 2 aliphatic heterocycles. The molecule has 0 fully saturated rings. The monoisotopic (exact) mass is 557 g/mol. The molecule has 0 saturated carbocycles. The molecule has 2 N–H and O–H groups in total. The van der Waals surface area contributed by atoms with Crippen molar-refractivity contribution in [3.63, 3.8) is 0 Å². The van der Waals surface area contributed by atoms with Crippen LogP contribution >= 0.6 is 0 Å². The smallest absolute Gasteiger partial charge is 0.251 e. The topological polar surface area (TPSA) is 95.9 Å². The molecule has 0 unspecified atom stereocenters. The lowest BCUT2D eigenvalue weighted by molar-refractivity contribution is -0.130. The van der Waals surface area contributed by atoms with Gasteiger partial charge in [0.2, 0.25) is 11.9 Å². The van der Waals surface area contributed by atoms with E-state index in [-0.39, 0.29) is 30.8 Å². The van der Waals surface area contributed by atoms with E-state index in [1.54, 1.807) is 17.0 Å². The Morgan fingerprint density at radius 2 is 1.88 bits per heavy atom. The third kappa shape index (κ3) is 6.24. The molecule has 0 spiro atoms. The molecule has 3 heterocycles. The van der Waals surface area contributed by atoms with Crippen LogP contribution in [0.3, 0.4) is 0 Å². The molecule has 9 heteroatoms. The molecular formula is C32H36FN5O3. The molecule has 0 radical (unpaired) electrons. The van der Waals surface area contributed by atoms with Crippen LogP contribution in [0.2, 0.25) is 0 Å². The number of aromatic nitrogens is 1. The number of benzene rings is 2. The Labute approximate surface area is 240 Å². The number of halogens is 1. The molecule has 214 valence electrons. The summed E-state index contributed by atoms with van der Waals surface area (Å²) in [5.41, 5.74) is 1.28. The molecule has 8 nitrogen and oxygen atoms in total. The average molecular weight is 558 g/mol. The van der Waals surface area contributed by atoms with E-state index in [0.717, 1.165) is 23.1 Å². The normalized spacial score (nSPS) is 19.0. The number of aliphatic imine (C=N–C) groups is 1. The number of rotatable bonds is 7. The number of nitrogens with one attached hydrogen (secondary N) is 2. The molecule has 0 aliphatic carbocycles. The van der Waals surface area contributed by atoms with Gasteiger partial charge in [-0.1, -0.05) is 44.2 Å². The fourth-order valence-corrected chi connectivity index (χ4v) is 5.47. The van der Waals surface area contributed by atoms with Crippen LogP contribution in [-0.2, 0) is 11.3 Å². The Hall–Kier alpha value is -4.27. The van der Waals surface area contributed by atoms with Crippen molar-refractivity contribution in [1.29, 1.82) is 0 Å². The number of carbonyl (C=O) groups is 2. The third-order valence-electron chi connectivity index (χ3n) is 7.88. The Morgan fingerprint density at radius 1 is 1.10 bits per heavy atom. The number of amides is 2. The largest absolute Gasteiger partial charge is 0.487 e. The Morgan fingerprint density at radius 3 is 2.61 bits per heavy atom. The van der Waals surface area contributed by atoms with Crippen LogP contribution in [0.25, 0.3) is 0 Å². The summed E-state index contributed by atoms with van der Waals surface area (Å²) in [5, 5.41) is 6.31. The van der Waals surface area contributed by atoms with Crippen molar-refractivity contribution in [1.82, 2.24) is 15.2 Å². The number of pyridine rings is 1. The molecule has 0 saturated heterocycles. The maximum atomic E-state index is 13.5. The van der Waals surface area contributed by atoms with Gasteiger partial charge >= 0.3 is 0 Å². The maximum Gasteiger partial charge on any atom is 0.251 e. The predicted molar refractivity (Wildman–Crippen MR) is 156 cm³/mol. The average Bonchev–Trinajstić information content (AvgIpc) is 2.95. The van der Waals surface area contributed by atoms with Gasteiger partial charge in [0.15, 0.2) is 0 Å². The van der Waals surface area contributed by atoms with Crippen LogP contribution in [-0.4, -0.2) is 38.8 Å². The van der Waals surface area contributed by atoms with Gasteiger partial charge < -0.3 is 15.4 Å². The fraction of sp³-hybridized carbons (Fsp3) is 0.375. The zero-order chi connectivity index (χ0) is 29.2. The van der Waals surface area contributed by atoms with Crippen molar-refractivity contribution >= 4 is 23.6 Å². The van der Waals surface area contributed by atoms with Gasteiger partial charge in [-0.15, -0.1) is 0 Å². The van der Waals surface area contributed by atoms with Crippen LogP contribution in [0.15, 0.2) is 71.9 Å². The second kappa shape index (κ2) is 11.3. The van der Waals surface area contributed by atoms with E-state index in [1.807, 2.05) is 64.1 Å². The van der Waals surface area contributed by atoms with E-state index in [1.165, 1.54) is 12.1 Å². The van der Waals surface area contributed by atoms with E-state index in [9.17, 15) is 14.0 Å². The molecule has 2 aliphatic rings. The highest BCUT2D eigenvalue weighted by Gasteiger charge is 2.38. The first-order chi connectivity index (χ1) is 19.6. The van der Waals surface area contributed by atoms with E-state index in [2.05, 4.69) is 15.6 Å². The SMILES string of the molecule is CCC1(CC)CC(=O)N(Cc2cccc(C(=O)N[C@H]3CC(C)(C)Oc4ccccc43)c2)C(Nc2ccc(F)cn2)=N1. The lowest BCUT2D eigenvalue weighted by Gasteiger charge is -2.38. The Kier molecular flexibility index (Phi) is 7.80. The van der Waals surface area contributed by atoms with E-state index in [4.69, 9.17) is 9.73 Å². The van der Waals surface area contributed by atoms with Gasteiger partial charge in [0, 0.05) is 17.5 Å². The Balaban J connectivity index is 1.38. The molecule has 41 heavy (non-hydrogen) atoms. The summed E-state index contributed by atoms with van der Waals surface area (Å²) >= 11 is 0. The zero-order valence-corrected chi connectivity index (χ0v) is 23.9. The van der Waals surface area contributed by atoms with Gasteiger partial charge in [-0.25, -0.2) is 14.4 Å². The highest BCUT2D eigenvalue weighted by atomic mass is 19.1. The van der Waals surface area contributed by atoms with Gasteiger partial charge in [0.1, 0.15) is 23.0 Å². The molecular weight excluding hydrogens is 521 g/mol. The van der Waals surface area contributed by atoms with Gasteiger partial charge in [-0.3, -0.25) is 14.5 Å². The molecule has 2 amide bonds. The number of hydrogen-bond acceptors (Lipinski definition) is 6. The zero-order valence-electron chi connectivity index (χ0n) is 23.9. The van der Waals surface area contributed by atoms with Crippen LogP contribution in [0.1, 0.15) is 80.9 Å². The molecule has 1 atom stereocenters. The first-order valence-electron chi connectivity index (χ1n) is 14.1. The lowest BCUT2D eigenvalue weighted by atomic mass is 9.88. The first kappa shape index (κ1) is 28.3. The van der Waals surface area contributed by atoms with E-state index in [0.29, 0.717) is 36.6 Å². The number of guanidine groups is 1. The van der Waals surface area contributed by atoms with Crippen molar-refractivity contribution in [2.24, 2.45) is 4.99 Å². The number of anilines is 1. The second-order valence-electron chi connectivity index (χ2n) is 11.3. The summed E-state index contributed by atoms with van der Waals surface area (Å²) < 4.78 is 19.6. The minimum atomic E-state index is -0.522. The number of hydrogen-bond donors (Lipinski definition) is 2. The number of para-hydroxylation sites is 1. The first-order valence-corrected chi connectivity index (χ1v) is 14.1. The maximum absolute atomic E-state index is 13.5. The van der Waals surface area contributed by atoms with Crippen molar-refractivity contribution in [2.75, 3.05) is 5.32 Å². The number of carbonyl (C=O) groups excluding carboxylic acids is 2. The molecule has 2 aromatic carbocycles. The van der Waals surface area contributed by atoms with Crippen molar-refractivity contribution in [3.8, 4) is 5.75 Å². The van der Waals surface area contributed by atoms with E-state index >= 15 is 0 Å². The van der Waals surface area contributed by atoms with Crippen molar-refractivity contribution < 1.29 is 18.7 Å². The van der Waals surface area contributed by atoms with Crippen LogP contribution in [0, 0.1) is 5.82 Å². The van der Waals surface area contributed by atoms with Crippen LogP contribution in [0.5, 0.6) is 5.75 Å². The lowest BCUT2D eigenvalue weighted by Crippen LogP contribution is -2.50. The van der Waals surface area contributed by atoms with Gasteiger partial charge in [-0.05, 0) is 62.6 Å². The fourth-order valence-electron chi connectivity index (χ4n) is 5.47. The molecule has 5 rings (SSSR count). The minimum Gasteiger partial charge on any atom is -0.487 e. The standard InChI is InChI=1S/C32H36FN5O3/c1-5-32(6-2)18-28(39)38(30(37-32)36-27-15-14-23(33)19-34-27)20-21-10-9-11-22(16-21)29(40)35-25-17-31(3,4)41-26-13-8-7-12-24(25)26/h7-16,19,25H,5-6,17-18,20H2,1-4H3,(H,35,40)(H,34,36,37)/t25-/m0/s1. The van der Waals surface area contributed by atoms with Crippen LogP contribution in [0.4, 0.5) is 10.2 Å². The minimum absolute atomic E-state index is 0.0794.